The Bertz CT molecular complexity index is 456. The topological polar surface area (TPSA) is 36.3 Å². The fraction of sp³-hybridized carbons (Fsp3) is 0.588. The van der Waals surface area contributed by atoms with E-state index in [1.54, 1.807) is 12.1 Å². The zero-order chi connectivity index (χ0) is 14.4. The minimum Gasteiger partial charge on any atom is -0.494 e. The molecule has 0 saturated carbocycles. The summed E-state index contributed by atoms with van der Waals surface area (Å²) in [6.07, 6.45) is 5.02. The molecule has 0 aromatic heterocycles. The van der Waals surface area contributed by atoms with Crippen molar-refractivity contribution in [2.24, 2.45) is 0 Å². The van der Waals surface area contributed by atoms with Gasteiger partial charge in [-0.15, -0.1) is 0 Å². The van der Waals surface area contributed by atoms with E-state index in [0.717, 1.165) is 18.7 Å². The minimum absolute atomic E-state index is 0.653. The molecular formula is C17H24N2O. The third kappa shape index (κ3) is 3.98. The van der Waals surface area contributed by atoms with Crippen LogP contribution >= 0.6 is 0 Å². The van der Waals surface area contributed by atoms with E-state index in [0.29, 0.717) is 24.3 Å². The van der Waals surface area contributed by atoms with Crippen LogP contribution in [0.5, 0.6) is 5.75 Å². The van der Waals surface area contributed by atoms with Crippen LogP contribution in [0.25, 0.3) is 0 Å². The quantitative estimate of drug-likeness (QED) is 0.769. The van der Waals surface area contributed by atoms with Crippen LogP contribution in [0.4, 0.5) is 0 Å². The first-order valence-corrected chi connectivity index (χ1v) is 7.59. The molecule has 0 N–H and O–H groups in total. The molecule has 3 nitrogen and oxygen atoms in total. The van der Waals surface area contributed by atoms with Crippen molar-refractivity contribution in [3.8, 4) is 11.8 Å². The van der Waals surface area contributed by atoms with Gasteiger partial charge in [-0.05, 0) is 51.3 Å². The summed E-state index contributed by atoms with van der Waals surface area (Å²) in [5, 5.41) is 8.85. The van der Waals surface area contributed by atoms with Crippen molar-refractivity contribution < 1.29 is 4.74 Å². The lowest BCUT2D eigenvalue weighted by Gasteiger charge is -2.39. The van der Waals surface area contributed by atoms with Gasteiger partial charge in [0, 0.05) is 18.6 Å². The smallest absolute Gasteiger partial charge is 0.120 e. The van der Waals surface area contributed by atoms with Gasteiger partial charge in [-0.2, -0.15) is 5.26 Å². The highest BCUT2D eigenvalue weighted by atomic mass is 16.5. The first kappa shape index (κ1) is 14.9. The first-order valence-electron chi connectivity index (χ1n) is 7.59. The Balaban J connectivity index is 1.74. The van der Waals surface area contributed by atoms with Gasteiger partial charge in [0.1, 0.15) is 5.75 Å². The molecule has 1 aromatic rings. The van der Waals surface area contributed by atoms with Crippen LogP contribution in [-0.4, -0.2) is 30.1 Å². The fourth-order valence-electron chi connectivity index (χ4n) is 3.01. The van der Waals surface area contributed by atoms with E-state index in [2.05, 4.69) is 24.8 Å². The van der Waals surface area contributed by atoms with Gasteiger partial charge in [0.05, 0.1) is 18.2 Å². The number of likely N-dealkylation sites (tertiary alicyclic amines) is 1. The third-order valence-electron chi connectivity index (χ3n) is 4.17. The number of hydrogen-bond acceptors (Lipinski definition) is 3. The molecule has 2 rings (SSSR count). The Morgan fingerprint density at radius 3 is 2.75 bits per heavy atom. The lowest BCUT2D eigenvalue weighted by molar-refractivity contribution is 0.0961. The molecule has 20 heavy (non-hydrogen) atoms. The zero-order valence-corrected chi connectivity index (χ0v) is 12.5. The highest BCUT2D eigenvalue weighted by Crippen LogP contribution is 2.22. The highest BCUT2D eigenvalue weighted by molar-refractivity contribution is 5.36. The van der Waals surface area contributed by atoms with Crippen molar-refractivity contribution in [2.75, 3.05) is 13.2 Å². The van der Waals surface area contributed by atoms with Crippen molar-refractivity contribution >= 4 is 0 Å². The molecule has 0 spiro atoms. The summed E-state index contributed by atoms with van der Waals surface area (Å²) in [5.74, 6) is 0.795. The van der Waals surface area contributed by atoms with Crippen molar-refractivity contribution in [3.05, 3.63) is 29.8 Å². The van der Waals surface area contributed by atoms with E-state index < -0.39 is 0 Å². The molecule has 3 heteroatoms. The Kier molecular flexibility index (Phi) is 5.43. The van der Waals surface area contributed by atoms with Crippen molar-refractivity contribution in [1.29, 1.82) is 5.26 Å². The van der Waals surface area contributed by atoms with Crippen LogP contribution in [0.1, 0.15) is 45.1 Å². The molecule has 1 aromatic carbocycles. The number of nitriles is 1. The largest absolute Gasteiger partial charge is 0.494 e. The first-order chi connectivity index (χ1) is 9.70. The second-order valence-electron chi connectivity index (χ2n) is 5.71. The van der Waals surface area contributed by atoms with Crippen LogP contribution in [0.2, 0.25) is 0 Å². The van der Waals surface area contributed by atoms with Gasteiger partial charge in [-0.25, -0.2) is 0 Å². The number of rotatable bonds is 5. The molecule has 0 unspecified atom stereocenters. The summed E-state index contributed by atoms with van der Waals surface area (Å²) >= 11 is 0. The lowest BCUT2D eigenvalue weighted by Crippen LogP contribution is -2.44. The molecule has 2 atom stereocenters. The van der Waals surface area contributed by atoms with Gasteiger partial charge in [0.25, 0.3) is 0 Å². The molecule has 1 aliphatic heterocycles. The standard InChI is InChI=1S/C17H24N2O/c1-14-6-3-7-15(2)19(14)10-5-11-20-17-9-4-8-16(12-17)13-18/h4,8-9,12,14-15H,3,5-7,10-11H2,1-2H3/t14-,15+. The summed E-state index contributed by atoms with van der Waals surface area (Å²) in [4.78, 5) is 2.60. The van der Waals surface area contributed by atoms with E-state index in [1.807, 2.05) is 12.1 Å². The number of ether oxygens (including phenoxy) is 1. The van der Waals surface area contributed by atoms with Crippen LogP contribution in [0.15, 0.2) is 24.3 Å². The number of hydrogen-bond donors (Lipinski definition) is 0. The average molecular weight is 272 g/mol. The predicted molar refractivity (Wildman–Crippen MR) is 80.8 cm³/mol. The van der Waals surface area contributed by atoms with E-state index in [9.17, 15) is 0 Å². The van der Waals surface area contributed by atoms with E-state index in [4.69, 9.17) is 10.00 Å². The molecule has 1 fully saturated rings. The average Bonchev–Trinajstić information content (AvgIpc) is 2.46. The van der Waals surface area contributed by atoms with Gasteiger partial charge in [0.15, 0.2) is 0 Å². The van der Waals surface area contributed by atoms with Crippen LogP contribution in [0, 0.1) is 11.3 Å². The second-order valence-corrected chi connectivity index (χ2v) is 5.71. The maximum absolute atomic E-state index is 8.85. The molecule has 0 bridgehead atoms. The summed E-state index contributed by atoms with van der Waals surface area (Å²) in [6, 6.07) is 10.9. The minimum atomic E-state index is 0.653. The van der Waals surface area contributed by atoms with Crippen molar-refractivity contribution in [3.63, 3.8) is 0 Å². The predicted octanol–water partition coefficient (Wildman–Crippen LogP) is 3.59. The summed E-state index contributed by atoms with van der Waals surface area (Å²) < 4.78 is 5.73. The SMILES string of the molecule is C[C@@H]1CCC[C@H](C)N1CCCOc1cccc(C#N)c1. The monoisotopic (exact) mass is 272 g/mol. The van der Waals surface area contributed by atoms with E-state index >= 15 is 0 Å². The number of nitrogens with zero attached hydrogens (tertiary/aromatic N) is 2. The maximum atomic E-state index is 8.85. The second kappa shape index (κ2) is 7.31. The Morgan fingerprint density at radius 1 is 1.30 bits per heavy atom. The zero-order valence-electron chi connectivity index (χ0n) is 12.5. The van der Waals surface area contributed by atoms with E-state index in [-0.39, 0.29) is 0 Å². The molecule has 0 aliphatic carbocycles. The molecule has 0 radical (unpaired) electrons. The van der Waals surface area contributed by atoms with Crippen molar-refractivity contribution in [2.45, 2.75) is 51.6 Å². The number of piperidine rings is 1. The van der Waals surface area contributed by atoms with Crippen LogP contribution in [0.3, 0.4) is 0 Å². The van der Waals surface area contributed by atoms with Gasteiger partial charge >= 0.3 is 0 Å². The van der Waals surface area contributed by atoms with Crippen LogP contribution < -0.4 is 4.74 Å². The molecule has 1 aliphatic rings. The Morgan fingerprint density at radius 2 is 2.05 bits per heavy atom. The molecule has 108 valence electrons. The van der Waals surface area contributed by atoms with Gasteiger partial charge in [-0.1, -0.05) is 12.5 Å². The summed E-state index contributed by atoms with van der Waals surface area (Å²) in [5.41, 5.74) is 0.653. The van der Waals surface area contributed by atoms with Crippen molar-refractivity contribution in [1.82, 2.24) is 4.90 Å². The molecule has 0 amide bonds. The van der Waals surface area contributed by atoms with Gasteiger partial charge < -0.3 is 4.74 Å². The summed E-state index contributed by atoms with van der Waals surface area (Å²) in [6.45, 7) is 6.46. The molecule has 1 heterocycles. The van der Waals surface area contributed by atoms with E-state index in [1.165, 1.54) is 19.3 Å². The molecule has 1 saturated heterocycles. The normalized spacial score (nSPS) is 23.2. The van der Waals surface area contributed by atoms with Gasteiger partial charge in [0.2, 0.25) is 0 Å². The fourth-order valence-corrected chi connectivity index (χ4v) is 3.01. The maximum Gasteiger partial charge on any atom is 0.120 e. The summed E-state index contributed by atoms with van der Waals surface area (Å²) in [7, 11) is 0. The third-order valence-corrected chi connectivity index (χ3v) is 4.17. The Labute approximate surface area is 122 Å². The number of benzene rings is 1. The molecular weight excluding hydrogens is 248 g/mol. The van der Waals surface area contributed by atoms with Gasteiger partial charge in [-0.3, -0.25) is 4.90 Å². The van der Waals surface area contributed by atoms with Crippen LogP contribution in [-0.2, 0) is 0 Å². The lowest BCUT2D eigenvalue weighted by atomic mass is 9.97. The highest BCUT2D eigenvalue weighted by Gasteiger charge is 2.23. The Hall–Kier alpha value is -1.53.